The summed E-state index contributed by atoms with van der Waals surface area (Å²) in [7, 11) is 0. The van der Waals surface area contributed by atoms with Crippen molar-refractivity contribution in [2.45, 2.75) is 34.1 Å². The van der Waals surface area contributed by atoms with Crippen molar-refractivity contribution in [2.75, 3.05) is 0 Å². The van der Waals surface area contributed by atoms with Gasteiger partial charge in [-0.25, -0.2) is 0 Å². The van der Waals surface area contributed by atoms with Crippen LogP contribution in [-0.2, 0) is 19.2 Å². The highest BCUT2D eigenvalue weighted by Gasteiger charge is 1.94. The molecule has 0 amide bonds. The van der Waals surface area contributed by atoms with Crippen LogP contribution in [-0.4, -0.2) is 51.1 Å². The van der Waals surface area contributed by atoms with Gasteiger partial charge >= 0.3 is 0 Å². The predicted octanol–water partition coefficient (Wildman–Crippen LogP) is -0.448. The molecule has 0 bridgehead atoms. The minimum Gasteiger partial charge on any atom is -0.481 e. The fourth-order valence-electron chi connectivity index (χ4n) is 0.351. The minimum absolute atomic E-state index is 0. The van der Waals surface area contributed by atoms with Crippen LogP contribution in [0, 0.1) is 0 Å². The number of carbonyl (C=O) groups excluding carboxylic acids is 2. The molecule has 0 aromatic rings. The van der Waals surface area contributed by atoms with Crippen molar-refractivity contribution in [3.05, 3.63) is 0 Å². The van der Waals surface area contributed by atoms with Gasteiger partial charge in [0.05, 0.1) is 6.42 Å². The molecule has 0 saturated carbocycles. The highest BCUT2D eigenvalue weighted by atomic mass is 27.0. The molecule has 2 N–H and O–H groups in total. The van der Waals surface area contributed by atoms with Gasteiger partial charge in [0.25, 0.3) is 11.9 Å². The van der Waals surface area contributed by atoms with E-state index >= 15 is 0 Å². The molecular weight excluding hydrogens is 231 g/mol. The summed E-state index contributed by atoms with van der Waals surface area (Å²) in [4.78, 5) is 38.1. The summed E-state index contributed by atoms with van der Waals surface area (Å²) in [6.45, 7) is 4.97. The van der Waals surface area contributed by atoms with Crippen molar-refractivity contribution in [3.8, 4) is 0 Å². The first-order chi connectivity index (χ1) is 6.59. The SMILES string of the molecule is CC(=O)CC(C)=O.CC(=O)O.CC(=O)O.[AlH3]. The van der Waals surface area contributed by atoms with E-state index in [1.807, 2.05) is 0 Å². The molecule has 94 valence electrons. The number of hydrogen-bond acceptors (Lipinski definition) is 4. The molecule has 0 saturated heterocycles. The van der Waals surface area contributed by atoms with Crippen LogP contribution in [0.4, 0.5) is 0 Å². The third-order valence-electron chi connectivity index (χ3n) is 0.498. The Labute approximate surface area is 105 Å². The van der Waals surface area contributed by atoms with Gasteiger partial charge < -0.3 is 10.2 Å². The molecule has 7 heteroatoms. The van der Waals surface area contributed by atoms with E-state index in [4.69, 9.17) is 19.8 Å². The van der Waals surface area contributed by atoms with Gasteiger partial charge in [0.1, 0.15) is 11.6 Å². The summed E-state index contributed by atoms with van der Waals surface area (Å²) in [5.41, 5.74) is 0. The Morgan fingerprint density at radius 2 is 0.875 bits per heavy atom. The summed E-state index contributed by atoms with van der Waals surface area (Å²) in [5, 5.41) is 14.8. The van der Waals surface area contributed by atoms with Crippen molar-refractivity contribution < 1.29 is 29.4 Å². The van der Waals surface area contributed by atoms with Gasteiger partial charge in [-0.05, 0) is 13.8 Å². The van der Waals surface area contributed by atoms with Crippen molar-refractivity contribution >= 4 is 40.9 Å². The number of Topliss-reactive ketones (excluding diaryl/α,β-unsaturated/α-hetero) is 2. The Bertz CT molecular complexity index is 204. The maximum atomic E-state index is 10.0. The molecule has 0 aromatic carbocycles. The van der Waals surface area contributed by atoms with Crippen molar-refractivity contribution in [3.63, 3.8) is 0 Å². The van der Waals surface area contributed by atoms with Crippen LogP contribution in [0.2, 0.25) is 0 Å². The van der Waals surface area contributed by atoms with E-state index in [1.54, 1.807) is 0 Å². The summed E-state index contributed by atoms with van der Waals surface area (Å²) in [5.74, 6) is -1.79. The number of carboxylic acids is 2. The zero-order valence-electron chi connectivity index (χ0n) is 9.23. The molecule has 16 heavy (non-hydrogen) atoms. The summed E-state index contributed by atoms with van der Waals surface area (Å²) in [6.07, 6.45) is 0.0833. The molecule has 0 radical (unpaired) electrons. The first-order valence-electron chi connectivity index (χ1n) is 3.97. The van der Waals surface area contributed by atoms with Gasteiger partial charge in [-0.1, -0.05) is 0 Å². The zero-order chi connectivity index (χ0) is 13.0. The monoisotopic (exact) mass is 250 g/mol. The van der Waals surface area contributed by atoms with Crippen molar-refractivity contribution in [2.24, 2.45) is 0 Å². The Kier molecular flexibility index (Phi) is 24.6. The molecule has 0 heterocycles. The molecule has 0 atom stereocenters. The third kappa shape index (κ3) is 226. The van der Waals surface area contributed by atoms with Crippen LogP contribution in [0.3, 0.4) is 0 Å². The summed E-state index contributed by atoms with van der Waals surface area (Å²) < 4.78 is 0. The smallest absolute Gasteiger partial charge is 0.300 e. The van der Waals surface area contributed by atoms with Crippen LogP contribution in [0.25, 0.3) is 0 Å². The molecule has 0 spiro atoms. The second kappa shape index (κ2) is 16.3. The average molecular weight is 250 g/mol. The van der Waals surface area contributed by atoms with E-state index in [9.17, 15) is 9.59 Å². The highest BCUT2D eigenvalue weighted by molar-refractivity contribution is 5.96. The lowest BCUT2D eigenvalue weighted by Gasteiger charge is -1.81. The molecule has 0 fully saturated rings. The number of aliphatic carboxylic acids is 2. The Hall–Kier alpha value is -1.19. The lowest BCUT2D eigenvalue weighted by molar-refractivity contribution is -0.135. The number of ketones is 2. The van der Waals surface area contributed by atoms with Crippen molar-refractivity contribution in [1.82, 2.24) is 0 Å². The lowest BCUT2D eigenvalue weighted by Crippen LogP contribution is -1.97. The van der Waals surface area contributed by atoms with Gasteiger partial charge in [-0.3, -0.25) is 19.2 Å². The molecule has 0 aliphatic heterocycles. The summed E-state index contributed by atoms with van der Waals surface area (Å²) in [6, 6.07) is 0. The van der Waals surface area contributed by atoms with Gasteiger partial charge in [0, 0.05) is 13.8 Å². The Morgan fingerprint density at radius 3 is 0.875 bits per heavy atom. The second-order valence-corrected chi connectivity index (χ2v) is 2.62. The van der Waals surface area contributed by atoms with Crippen LogP contribution >= 0.6 is 0 Å². The Morgan fingerprint density at radius 1 is 0.750 bits per heavy atom. The standard InChI is InChI=1S/C5H8O2.2C2H4O2.Al.3H/c1-4(6)3-5(2)7;2*1-2(3)4;;;;/h3H2,1-2H3;2*1H3,(H,3,4);;;;. The van der Waals surface area contributed by atoms with Gasteiger partial charge in [-0.2, -0.15) is 0 Å². The number of hydrogen-bond donors (Lipinski definition) is 2. The van der Waals surface area contributed by atoms with Crippen LogP contribution < -0.4 is 0 Å². The maximum Gasteiger partial charge on any atom is 0.300 e. The van der Waals surface area contributed by atoms with Crippen LogP contribution in [0.1, 0.15) is 34.1 Å². The van der Waals surface area contributed by atoms with Gasteiger partial charge in [0.2, 0.25) is 0 Å². The molecule has 6 nitrogen and oxygen atoms in total. The highest BCUT2D eigenvalue weighted by Crippen LogP contribution is 1.80. The molecule has 0 rings (SSSR count). The quantitative estimate of drug-likeness (QED) is 0.507. The molecule has 0 aromatic heterocycles. The third-order valence-corrected chi connectivity index (χ3v) is 0.498. The topological polar surface area (TPSA) is 109 Å². The summed E-state index contributed by atoms with van der Waals surface area (Å²) >= 11 is 0. The molecule has 0 aliphatic rings. The lowest BCUT2D eigenvalue weighted by atomic mass is 10.2. The van der Waals surface area contributed by atoms with E-state index < -0.39 is 11.9 Å². The predicted molar refractivity (Wildman–Crippen MR) is 62.5 cm³/mol. The normalized spacial score (nSPS) is 6.75. The maximum absolute atomic E-state index is 10.0. The molecule has 0 aliphatic carbocycles. The zero-order valence-corrected chi connectivity index (χ0v) is 9.23. The number of carboxylic acid groups (broad SMARTS) is 2. The van der Waals surface area contributed by atoms with Gasteiger partial charge in [0.15, 0.2) is 17.4 Å². The van der Waals surface area contributed by atoms with E-state index in [0.717, 1.165) is 13.8 Å². The van der Waals surface area contributed by atoms with E-state index in [1.165, 1.54) is 13.8 Å². The fourth-order valence-corrected chi connectivity index (χ4v) is 0.351. The van der Waals surface area contributed by atoms with Crippen LogP contribution in [0.5, 0.6) is 0 Å². The average Bonchev–Trinajstić information content (AvgIpc) is 1.78. The van der Waals surface area contributed by atoms with Gasteiger partial charge in [-0.15, -0.1) is 0 Å². The number of carbonyl (C=O) groups is 4. The molecule has 0 unspecified atom stereocenters. The Balaban J connectivity index is -0.0000000700. The van der Waals surface area contributed by atoms with Crippen LogP contribution in [0.15, 0.2) is 0 Å². The fraction of sp³-hybridized carbons (Fsp3) is 0.556. The van der Waals surface area contributed by atoms with E-state index in [2.05, 4.69) is 0 Å². The number of rotatable bonds is 2. The first-order valence-corrected chi connectivity index (χ1v) is 3.97. The van der Waals surface area contributed by atoms with Crippen molar-refractivity contribution in [1.29, 1.82) is 0 Å². The largest absolute Gasteiger partial charge is 0.481 e. The molecular formula is C9H19AlO6. The minimum atomic E-state index is -0.833. The second-order valence-electron chi connectivity index (χ2n) is 2.62. The van der Waals surface area contributed by atoms with E-state index in [0.29, 0.717) is 0 Å². The van der Waals surface area contributed by atoms with E-state index in [-0.39, 0.29) is 35.3 Å². The first kappa shape index (κ1) is 24.2.